The number of benzene rings is 1. The normalized spacial score (nSPS) is 12.0. The Hall–Kier alpha value is -1.26. The molecule has 0 aliphatic carbocycles. The van der Waals surface area contributed by atoms with Crippen LogP contribution in [0.2, 0.25) is 5.02 Å². The molecule has 0 heterocycles. The molecular formula is C13H19ClN2O2. The molecule has 0 spiro atoms. The van der Waals surface area contributed by atoms with Crippen molar-refractivity contribution in [1.29, 1.82) is 0 Å². The summed E-state index contributed by atoms with van der Waals surface area (Å²) in [6.45, 7) is 4.60. The van der Waals surface area contributed by atoms with E-state index < -0.39 is 0 Å². The smallest absolute Gasteiger partial charge is 0.317 e. The lowest BCUT2D eigenvalue weighted by molar-refractivity contribution is 0.178. The molecule has 1 unspecified atom stereocenters. The number of carbonyl (C=O) groups is 1. The molecule has 0 saturated heterocycles. The Bertz CT molecular complexity index is 398. The summed E-state index contributed by atoms with van der Waals surface area (Å²) in [5.41, 5.74) is 0.882. The standard InChI is InChI=1S/C13H19ClN2O2/c1-3-16(8-9-17)13(18)15-10(2)11-6-4-5-7-12(11)14/h4-7,10,17H,3,8-9H2,1-2H3,(H,15,18). The highest BCUT2D eigenvalue weighted by atomic mass is 35.5. The Morgan fingerprint density at radius 2 is 2.17 bits per heavy atom. The van der Waals surface area contributed by atoms with Crippen molar-refractivity contribution in [1.82, 2.24) is 10.2 Å². The number of likely N-dealkylation sites (N-methyl/N-ethyl adjacent to an activating group) is 1. The van der Waals surface area contributed by atoms with Gasteiger partial charge in [-0.3, -0.25) is 0 Å². The van der Waals surface area contributed by atoms with Crippen molar-refractivity contribution in [2.24, 2.45) is 0 Å². The second-order valence-electron chi connectivity index (χ2n) is 4.00. The van der Waals surface area contributed by atoms with Crippen LogP contribution in [-0.2, 0) is 0 Å². The number of nitrogens with one attached hydrogen (secondary N) is 1. The van der Waals surface area contributed by atoms with Crippen LogP contribution in [0.4, 0.5) is 4.79 Å². The predicted molar refractivity (Wildman–Crippen MR) is 72.7 cm³/mol. The maximum Gasteiger partial charge on any atom is 0.317 e. The van der Waals surface area contributed by atoms with Crippen molar-refractivity contribution in [3.05, 3.63) is 34.9 Å². The molecule has 4 nitrogen and oxygen atoms in total. The molecule has 5 heteroatoms. The fourth-order valence-corrected chi connectivity index (χ4v) is 2.00. The van der Waals surface area contributed by atoms with E-state index in [1.807, 2.05) is 32.0 Å². The fraction of sp³-hybridized carbons (Fsp3) is 0.462. The molecule has 0 radical (unpaired) electrons. The lowest BCUT2D eigenvalue weighted by atomic mass is 10.1. The van der Waals surface area contributed by atoms with E-state index in [0.29, 0.717) is 18.1 Å². The van der Waals surface area contributed by atoms with Gasteiger partial charge in [-0.1, -0.05) is 29.8 Å². The Kier molecular flexibility index (Phi) is 5.95. The number of carbonyl (C=O) groups excluding carboxylic acids is 1. The number of amides is 2. The molecule has 0 aliphatic heterocycles. The number of aliphatic hydroxyl groups excluding tert-OH is 1. The van der Waals surface area contributed by atoms with Crippen LogP contribution in [0.3, 0.4) is 0 Å². The topological polar surface area (TPSA) is 52.6 Å². The summed E-state index contributed by atoms with van der Waals surface area (Å²) in [5.74, 6) is 0. The van der Waals surface area contributed by atoms with Crippen LogP contribution in [0.15, 0.2) is 24.3 Å². The van der Waals surface area contributed by atoms with E-state index in [1.165, 1.54) is 0 Å². The zero-order chi connectivity index (χ0) is 13.5. The van der Waals surface area contributed by atoms with Crippen molar-refractivity contribution < 1.29 is 9.90 Å². The number of urea groups is 1. The van der Waals surface area contributed by atoms with E-state index in [2.05, 4.69) is 5.32 Å². The van der Waals surface area contributed by atoms with Gasteiger partial charge in [0.1, 0.15) is 0 Å². The Labute approximate surface area is 113 Å². The first-order valence-corrected chi connectivity index (χ1v) is 6.38. The van der Waals surface area contributed by atoms with Gasteiger partial charge in [0.05, 0.1) is 12.6 Å². The summed E-state index contributed by atoms with van der Waals surface area (Å²) in [6.07, 6.45) is 0. The highest BCUT2D eigenvalue weighted by Crippen LogP contribution is 2.22. The number of hydrogen-bond acceptors (Lipinski definition) is 2. The first-order chi connectivity index (χ1) is 8.60. The van der Waals surface area contributed by atoms with E-state index >= 15 is 0 Å². The van der Waals surface area contributed by atoms with E-state index in [9.17, 15) is 4.79 Å². The lowest BCUT2D eigenvalue weighted by Gasteiger charge is -2.23. The highest BCUT2D eigenvalue weighted by Gasteiger charge is 2.16. The number of halogens is 1. The minimum Gasteiger partial charge on any atom is -0.395 e. The minimum atomic E-state index is -0.195. The maximum atomic E-state index is 11.9. The first-order valence-electron chi connectivity index (χ1n) is 6.00. The van der Waals surface area contributed by atoms with Crippen LogP contribution in [0.1, 0.15) is 25.5 Å². The van der Waals surface area contributed by atoms with Gasteiger partial charge >= 0.3 is 6.03 Å². The summed E-state index contributed by atoms with van der Waals surface area (Å²) in [6, 6.07) is 7.05. The number of aliphatic hydroxyl groups is 1. The molecule has 100 valence electrons. The second kappa shape index (κ2) is 7.24. The minimum absolute atomic E-state index is 0.0399. The third-order valence-corrected chi connectivity index (χ3v) is 3.09. The third-order valence-electron chi connectivity index (χ3n) is 2.75. The quantitative estimate of drug-likeness (QED) is 0.863. The summed E-state index contributed by atoms with van der Waals surface area (Å²) < 4.78 is 0. The van der Waals surface area contributed by atoms with Crippen molar-refractivity contribution >= 4 is 17.6 Å². The number of hydrogen-bond donors (Lipinski definition) is 2. The number of nitrogens with zero attached hydrogens (tertiary/aromatic N) is 1. The molecular weight excluding hydrogens is 252 g/mol. The number of rotatable bonds is 5. The average molecular weight is 271 g/mol. The monoisotopic (exact) mass is 270 g/mol. The van der Waals surface area contributed by atoms with E-state index in [4.69, 9.17) is 16.7 Å². The molecule has 0 aromatic heterocycles. The fourth-order valence-electron chi connectivity index (χ4n) is 1.70. The SMILES string of the molecule is CCN(CCO)C(=O)NC(C)c1ccccc1Cl. The molecule has 1 atom stereocenters. The Morgan fingerprint density at radius 3 is 2.72 bits per heavy atom. The molecule has 1 aromatic rings. The summed E-state index contributed by atoms with van der Waals surface area (Å²) >= 11 is 6.07. The van der Waals surface area contributed by atoms with Crippen LogP contribution < -0.4 is 5.32 Å². The highest BCUT2D eigenvalue weighted by molar-refractivity contribution is 6.31. The molecule has 0 fully saturated rings. The van der Waals surface area contributed by atoms with E-state index in [-0.39, 0.29) is 18.7 Å². The van der Waals surface area contributed by atoms with Gasteiger partial charge in [0.2, 0.25) is 0 Å². The summed E-state index contributed by atoms with van der Waals surface area (Å²) in [4.78, 5) is 13.5. The van der Waals surface area contributed by atoms with Gasteiger partial charge in [-0.15, -0.1) is 0 Å². The molecule has 1 aromatic carbocycles. The van der Waals surface area contributed by atoms with Crippen molar-refractivity contribution in [3.63, 3.8) is 0 Å². The van der Waals surface area contributed by atoms with Gasteiger partial charge in [-0.25, -0.2) is 4.79 Å². The van der Waals surface area contributed by atoms with E-state index in [1.54, 1.807) is 11.0 Å². The van der Waals surface area contributed by atoms with Crippen LogP contribution in [0, 0.1) is 0 Å². The molecule has 0 bridgehead atoms. The maximum absolute atomic E-state index is 11.9. The van der Waals surface area contributed by atoms with Gasteiger partial charge < -0.3 is 15.3 Å². The second-order valence-corrected chi connectivity index (χ2v) is 4.40. The van der Waals surface area contributed by atoms with Crippen molar-refractivity contribution in [2.45, 2.75) is 19.9 Å². The van der Waals surface area contributed by atoms with Crippen LogP contribution in [0.25, 0.3) is 0 Å². The zero-order valence-corrected chi connectivity index (χ0v) is 11.4. The molecule has 18 heavy (non-hydrogen) atoms. The van der Waals surface area contributed by atoms with Gasteiger partial charge in [-0.05, 0) is 25.5 Å². The third kappa shape index (κ3) is 3.89. The van der Waals surface area contributed by atoms with E-state index in [0.717, 1.165) is 5.56 Å². The first kappa shape index (κ1) is 14.8. The molecule has 0 saturated carbocycles. The summed E-state index contributed by atoms with van der Waals surface area (Å²) in [7, 11) is 0. The largest absolute Gasteiger partial charge is 0.395 e. The van der Waals surface area contributed by atoms with Crippen LogP contribution >= 0.6 is 11.6 Å². The predicted octanol–water partition coefficient (Wildman–Crippen LogP) is 2.42. The van der Waals surface area contributed by atoms with Crippen molar-refractivity contribution in [2.75, 3.05) is 19.7 Å². The van der Waals surface area contributed by atoms with Gasteiger partial charge in [-0.2, -0.15) is 0 Å². The lowest BCUT2D eigenvalue weighted by Crippen LogP contribution is -2.42. The average Bonchev–Trinajstić information content (AvgIpc) is 2.36. The zero-order valence-electron chi connectivity index (χ0n) is 10.7. The van der Waals surface area contributed by atoms with Gasteiger partial charge in [0.15, 0.2) is 0 Å². The summed E-state index contributed by atoms with van der Waals surface area (Å²) in [5, 5.41) is 12.4. The van der Waals surface area contributed by atoms with Gasteiger partial charge in [0, 0.05) is 18.1 Å². The molecule has 2 amide bonds. The Balaban J connectivity index is 2.67. The van der Waals surface area contributed by atoms with Gasteiger partial charge in [0.25, 0.3) is 0 Å². The van der Waals surface area contributed by atoms with Crippen molar-refractivity contribution in [3.8, 4) is 0 Å². The molecule has 2 N–H and O–H groups in total. The molecule has 0 aliphatic rings. The Morgan fingerprint density at radius 1 is 1.50 bits per heavy atom. The van der Waals surface area contributed by atoms with Crippen LogP contribution in [0.5, 0.6) is 0 Å². The molecule has 1 rings (SSSR count). The van der Waals surface area contributed by atoms with Crippen LogP contribution in [-0.4, -0.2) is 35.7 Å².